The lowest BCUT2D eigenvalue weighted by Gasteiger charge is -2.24. The van der Waals surface area contributed by atoms with Crippen LogP contribution in [0.2, 0.25) is 0 Å². The largest absolute Gasteiger partial charge is 0.497 e. The lowest BCUT2D eigenvalue weighted by atomic mass is 9.91. The fraction of sp³-hybridized carbons (Fsp3) is 0.292. The minimum atomic E-state index is -0.0915. The zero-order valence-electron chi connectivity index (χ0n) is 17.4. The van der Waals surface area contributed by atoms with Gasteiger partial charge in [-0.15, -0.1) is 0 Å². The van der Waals surface area contributed by atoms with Gasteiger partial charge in [-0.2, -0.15) is 0 Å². The van der Waals surface area contributed by atoms with Crippen molar-refractivity contribution in [1.29, 1.82) is 0 Å². The maximum Gasteiger partial charge on any atom is 0.268 e. The molecule has 6 nitrogen and oxygen atoms in total. The van der Waals surface area contributed by atoms with Gasteiger partial charge in [0, 0.05) is 41.2 Å². The van der Waals surface area contributed by atoms with Crippen molar-refractivity contribution in [2.24, 2.45) is 7.05 Å². The number of para-hydroxylation sites is 1. The van der Waals surface area contributed by atoms with Crippen LogP contribution in [-0.2, 0) is 13.5 Å². The predicted octanol–water partition coefficient (Wildman–Crippen LogP) is 4.48. The van der Waals surface area contributed by atoms with Crippen molar-refractivity contribution in [1.82, 2.24) is 14.9 Å². The van der Waals surface area contributed by atoms with E-state index in [9.17, 15) is 4.79 Å². The number of H-pyrrole nitrogens is 1. The Labute approximate surface area is 174 Å². The van der Waals surface area contributed by atoms with Gasteiger partial charge < -0.3 is 24.3 Å². The van der Waals surface area contributed by atoms with Gasteiger partial charge in [0.1, 0.15) is 17.2 Å². The fourth-order valence-corrected chi connectivity index (χ4v) is 4.67. The molecule has 2 aromatic heterocycles. The van der Waals surface area contributed by atoms with E-state index in [4.69, 9.17) is 9.47 Å². The van der Waals surface area contributed by atoms with Gasteiger partial charge in [0.05, 0.1) is 25.8 Å². The number of hydrogen-bond donors (Lipinski definition) is 2. The molecular weight excluding hydrogens is 378 g/mol. The minimum absolute atomic E-state index is 0.0249. The third-order valence-electron chi connectivity index (χ3n) is 6.21. The summed E-state index contributed by atoms with van der Waals surface area (Å²) in [5.74, 6) is 1.29. The van der Waals surface area contributed by atoms with E-state index >= 15 is 0 Å². The van der Waals surface area contributed by atoms with Gasteiger partial charge in [-0.05, 0) is 37.0 Å². The molecule has 0 fully saturated rings. The molecule has 0 unspecified atom stereocenters. The summed E-state index contributed by atoms with van der Waals surface area (Å²) in [4.78, 5) is 16.8. The number of amides is 1. The Balaban J connectivity index is 1.51. The lowest BCUT2D eigenvalue weighted by molar-refractivity contribution is 0.0924. The van der Waals surface area contributed by atoms with Crippen LogP contribution in [0.3, 0.4) is 0 Å². The van der Waals surface area contributed by atoms with Crippen LogP contribution in [0.5, 0.6) is 11.5 Å². The second kappa shape index (κ2) is 7.13. The third-order valence-corrected chi connectivity index (χ3v) is 6.21. The van der Waals surface area contributed by atoms with Crippen LogP contribution >= 0.6 is 0 Å². The van der Waals surface area contributed by atoms with Crippen LogP contribution < -0.4 is 14.8 Å². The molecule has 4 aromatic rings. The first-order valence-electron chi connectivity index (χ1n) is 10.2. The Morgan fingerprint density at radius 1 is 1.13 bits per heavy atom. The monoisotopic (exact) mass is 403 g/mol. The topological polar surface area (TPSA) is 68.3 Å². The van der Waals surface area contributed by atoms with Gasteiger partial charge in [0.2, 0.25) is 0 Å². The molecule has 2 aromatic carbocycles. The van der Waals surface area contributed by atoms with Crippen molar-refractivity contribution in [3.63, 3.8) is 0 Å². The zero-order chi connectivity index (χ0) is 20.8. The summed E-state index contributed by atoms with van der Waals surface area (Å²) in [7, 11) is 5.14. The molecule has 1 atom stereocenters. The number of benzene rings is 2. The van der Waals surface area contributed by atoms with Crippen molar-refractivity contribution in [2.45, 2.75) is 25.3 Å². The number of nitrogens with one attached hydrogen (secondary N) is 2. The number of aryl methyl sites for hydroxylation is 2. The molecule has 1 aliphatic rings. The molecule has 2 heterocycles. The molecule has 0 radical (unpaired) electrons. The van der Waals surface area contributed by atoms with Crippen molar-refractivity contribution < 1.29 is 14.3 Å². The van der Waals surface area contributed by atoms with Crippen LogP contribution in [0.15, 0.2) is 42.5 Å². The summed E-state index contributed by atoms with van der Waals surface area (Å²) in [5, 5.41) is 5.40. The van der Waals surface area contributed by atoms with E-state index < -0.39 is 0 Å². The first-order valence-corrected chi connectivity index (χ1v) is 10.2. The van der Waals surface area contributed by atoms with Gasteiger partial charge in [-0.1, -0.05) is 18.2 Å². The van der Waals surface area contributed by atoms with Crippen molar-refractivity contribution in [3.05, 3.63) is 59.4 Å². The predicted molar refractivity (Wildman–Crippen MR) is 117 cm³/mol. The maximum absolute atomic E-state index is 13.3. The van der Waals surface area contributed by atoms with Gasteiger partial charge >= 0.3 is 0 Å². The Hall–Kier alpha value is -3.41. The Morgan fingerprint density at radius 2 is 1.97 bits per heavy atom. The van der Waals surface area contributed by atoms with Crippen LogP contribution in [0, 0.1) is 0 Å². The third kappa shape index (κ3) is 2.83. The smallest absolute Gasteiger partial charge is 0.268 e. The molecule has 30 heavy (non-hydrogen) atoms. The number of aromatic nitrogens is 2. The number of methoxy groups -OCH3 is 2. The van der Waals surface area contributed by atoms with E-state index in [0.717, 1.165) is 41.4 Å². The highest BCUT2D eigenvalue weighted by Crippen LogP contribution is 2.36. The molecule has 154 valence electrons. The second-order valence-corrected chi connectivity index (χ2v) is 7.83. The normalized spacial score (nSPS) is 15.9. The van der Waals surface area contributed by atoms with Crippen LogP contribution in [0.1, 0.15) is 40.6 Å². The van der Waals surface area contributed by atoms with Crippen molar-refractivity contribution in [3.8, 4) is 11.5 Å². The maximum atomic E-state index is 13.3. The fourth-order valence-electron chi connectivity index (χ4n) is 4.67. The summed E-state index contributed by atoms with van der Waals surface area (Å²) in [6.45, 7) is 0. The van der Waals surface area contributed by atoms with Crippen LogP contribution in [-0.4, -0.2) is 29.7 Å². The number of hydrogen-bond acceptors (Lipinski definition) is 3. The van der Waals surface area contributed by atoms with Gasteiger partial charge in [-0.25, -0.2) is 0 Å². The van der Waals surface area contributed by atoms with E-state index in [2.05, 4.69) is 28.5 Å². The average Bonchev–Trinajstić information content (AvgIpc) is 3.32. The SMILES string of the molecule is COc1cc(OC)c2cc(C(=O)N[C@@H]3CCCc4c3[nH]c3ccccc43)n(C)c2c1. The second-order valence-electron chi connectivity index (χ2n) is 7.83. The molecule has 5 rings (SSSR count). The quantitative estimate of drug-likeness (QED) is 0.528. The Morgan fingerprint density at radius 3 is 2.77 bits per heavy atom. The number of rotatable bonds is 4. The number of aromatic amines is 1. The number of ether oxygens (including phenoxy) is 2. The first kappa shape index (κ1) is 18.6. The summed E-state index contributed by atoms with van der Waals surface area (Å²) in [5.41, 5.74) is 5.08. The number of carbonyl (C=O) groups excluding carboxylic acids is 1. The summed E-state index contributed by atoms with van der Waals surface area (Å²) < 4.78 is 12.8. The number of nitrogens with zero attached hydrogens (tertiary/aromatic N) is 1. The van der Waals surface area contributed by atoms with Crippen LogP contribution in [0.4, 0.5) is 0 Å². The van der Waals surface area contributed by atoms with Crippen molar-refractivity contribution in [2.75, 3.05) is 14.2 Å². The summed E-state index contributed by atoms with van der Waals surface area (Å²) in [6.07, 6.45) is 3.02. The highest BCUT2D eigenvalue weighted by atomic mass is 16.5. The molecular formula is C24H25N3O3. The molecule has 0 saturated carbocycles. The van der Waals surface area contributed by atoms with E-state index in [1.807, 2.05) is 35.9 Å². The molecule has 0 saturated heterocycles. The molecule has 0 spiro atoms. The van der Waals surface area contributed by atoms with E-state index in [-0.39, 0.29) is 11.9 Å². The summed E-state index contributed by atoms with van der Waals surface area (Å²) >= 11 is 0. The Kier molecular flexibility index (Phi) is 4.42. The minimum Gasteiger partial charge on any atom is -0.497 e. The average molecular weight is 403 g/mol. The molecule has 0 aliphatic heterocycles. The highest BCUT2D eigenvalue weighted by Gasteiger charge is 2.27. The van der Waals surface area contributed by atoms with Gasteiger partial charge in [0.25, 0.3) is 5.91 Å². The molecule has 1 amide bonds. The highest BCUT2D eigenvalue weighted by molar-refractivity contribution is 6.01. The molecule has 2 N–H and O–H groups in total. The number of fused-ring (bicyclic) bond motifs is 4. The zero-order valence-corrected chi connectivity index (χ0v) is 17.4. The standard InChI is InChI=1S/C24H25N3O3/c1-27-20-11-14(29-2)12-22(30-3)17(20)13-21(27)24(28)26-19-10-6-8-16-15-7-4-5-9-18(15)25-23(16)19/h4-5,7,9,11-13,19,25H,6,8,10H2,1-3H3,(H,26,28)/t19-/m1/s1. The van der Waals surface area contributed by atoms with E-state index in [1.54, 1.807) is 14.2 Å². The first-order chi connectivity index (χ1) is 14.6. The van der Waals surface area contributed by atoms with E-state index in [0.29, 0.717) is 17.2 Å². The van der Waals surface area contributed by atoms with Gasteiger partial charge in [-0.3, -0.25) is 4.79 Å². The van der Waals surface area contributed by atoms with E-state index in [1.165, 1.54) is 10.9 Å². The number of carbonyl (C=O) groups is 1. The van der Waals surface area contributed by atoms with Crippen molar-refractivity contribution >= 4 is 27.7 Å². The summed E-state index contributed by atoms with van der Waals surface area (Å²) in [6, 6.07) is 14.0. The van der Waals surface area contributed by atoms with Gasteiger partial charge in [0.15, 0.2) is 0 Å². The lowest BCUT2D eigenvalue weighted by Crippen LogP contribution is -2.32. The molecule has 0 bridgehead atoms. The molecule has 1 aliphatic carbocycles. The molecule has 6 heteroatoms. The van der Waals surface area contributed by atoms with Crippen LogP contribution in [0.25, 0.3) is 21.8 Å². The Bertz CT molecular complexity index is 1270.